The normalized spacial score (nSPS) is 12.8. The van der Waals surface area contributed by atoms with Gasteiger partial charge in [0, 0.05) is 6.20 Å². The van der Waals surface area contributed by atoms with E-state index in [1.165, 1.54) is 40.4 Å². The average Bonchev–Trinajstić information content (AvgIpc) is 3.35. The molecule has 4 aromatic carbocycles. The number of fused-ring (bicyclic) bond motifs is 3. The van der Waals surface area contributed by atoms with Crippen LogP contribution in [-0.2, 0) is 32.1 Å². The van der Waals surface area contributed by atoms with Gasteiger partial charge in [0.15, 0.2) is 0 Å². The number of aryl methyl sites for hydroxylation is 1. The molecule has 1 aliphatic heterocycles. The van der Waals surface area contributed by atoms with Crippen LogP contribution in [-0.4, -0.2) is 9.55 Å². The number of imidazole rings is 1. The van der Waals surface area contributed by atoms with E-state index < -0.39 is 0 Å². The van der Waals surface area contributed by atoms with Crippen LogP contribution in [0.3, 0.4) is 0 Å². The molecule has 0 bridgehead atoms. The van der Waals surface area contributed by atoms with Crippen molar-refractivity contribution >= 4 is 21.8 Å². The van der Waals surface area contributed by atoms with Crippen LogP contribution in [0.4, 0.5) is 0 Å². The first-order valence-electron chi connectivity index (χ1n) is 13.4. The zero-order valence-corrected chi connectivity index (χ0v) is 24.9. The molecule has 0 aliphatic carbocycles. The molecule has 0 saturated heterocycles. The van der Waals surface area contributed by atoms with Crippen LogP contribution in [0.5, 0.6) is 0 Å². The molecule has 194 valence electrons. The third kappa shape index (κ3) is 4.95. The van der Waals surface area contributed by atoms with E-state index >= 15 is 0 Å². The number of hydrogen-bond acceptors (Lipinski definition) is 1. The Morgan fingerprint density at radius 2 is 1.72 bits per heavy atom. The van der Waals surface area contributed by atoms with Gasteiger partial charge in [-0.25, -0.2) is 0 Å². The Bertz CT molecular complexity index is 1680. The molecule has 39 heavy (non-hydrogen) atoms. The molecule has 0 saturated carbocycles. The van der Waals surface area contributed by atoms with Crippen molar-refractivity contribution in [2.45, 2.75) is 45.6 Å². The van der Waals surface area contributed by atoms with E-state index in [2.05, 4.69) is 102 Å². The predicted molar refractivity (Wildman–Crippen MR) is 154 cm³/mol. The Morgan fingerprint density at radius 1 is 0.897 bits per heavy atom. The topological polar surface area (TPSA) is 21.7 Å². The van der Waals surface area contributed by atoms with Gasteiger partial charge >= 0.3 is 20.1 Å². The molecule has 0 unspecified atom stereocenters. The number of hydrogen-bond donors (Lipinski definition) is 0. The van der Waals surface area contributed by atoms with Crippen LogP contribution in [0, 0.1) is 18.5 Å². The van der Waals surface area contributed by atoms with Crippen molar-refractivity contribution in [2.75, 3.05) is 0 Å². The summed E-state index contributed by atoms with van der Waals surface area (Å²) in [6.45, 7) is 7.90. The van der Waals surface area contributed by atoms with Gasteiger partial charge in [0.25, 0.3) is 0 Å². The summed E-state index contributed by atoms with van der Waals surface area (Å²) in [5.74, 6) is 0. The zero-order chi connectivity index (χ0) is 26.1. The van der Waals surface area contributed by atoms with Crippen LogP contribution in [0.25, 0.3) is 38.8 Å². The number of benzene rings is 4. The monoisotopic (exact) mass is 686 g/mol. The molecule has 1 aliphatic rings. The Hall–Kier alpha value is -3.59. The number of pyridine rings is 1. The van der Waals surface area contributed by atoms with Gasteiger partial charge in [-0.3, -0.25) is 0 Å². The second kappa shape index (κ2) is 11.3. The first-order valence-corrected chi connectivity index (χ1v) is 13.4. The zero-order valence-electron chi connectivity index (χ0n) is 22.5. The van der Waals surface area contributed by atoms with E-state index in [0.29, 0.717) is 0 Å². The van der Waals surface area contributed by atoms with Gasteiger partial charge in [0.05, 0.1) is 17.6 Å². The molecule has 0 N–H and O–H groups in total. The van der Waals surface area contributed by atoms with Crippen molar-refractivity contribution in [3.05, 3.63) is 127 Å². The van der Waals surface area contributed by atoms with Gasteiger partial charge in [-0.05, 0) is 34.8 Å². The number of unbranched alkanes of at least 4 members (excludes halogenated alkanes) is 1. The molecule has 0 amide bonds. The standard InChI is InChI=1S/C24H23N2.C11H8N.Ir/c1-4-5-13-25-16-26-22-15-18-10-7-6-9-17(18)14-20(22)24(2,3)19-11-8-12-21(25)23(19)26;1-2-6-10(7-3-1)11-8-4-5-9-12-11;/h6-12,14H,4-5,13H2,1-3H3;1-6,8-9H;/q2*-1;+3. The summed E-state index contributed by atoms with van der Waals surface area (Å²) in [5, 5.41) is 2.41. The third-order valence-corrected chi connectivity index (χ3v) is 7.47. The Balaban J connectivity index is 0.000000200. The predicted octanol–water partition coefficient (Wildman–Crippen LogP) is 7.66. The second-order valence-corrected chi connectivity index (χ2v) is 10.3. The van der Waals surface area contributed by atoms with Crippen molar-refractivity contribution in [2.24, 2.45) is 0 Å². The van der Waals surface area contributed by atoms with Crippen molar-refractivity contribution in [1.29, 1.82) is 0 Å². The molecule has 0 fully saturated rings. The summed E-state index contributed by atoms with van der Waals surface area (Å²) in [7, 11) is 0. The largest absolute Gasteiger partial charge is 3.00 e. The molecule has 3 heterocycles. The smallest absolute Gasteiger partial charge is 0.335 e. The molecule has 2 aromatic heterocycles. The van der Waals surface area contributed by atoms with E-state index in [-0.39, 0.29) is 25.5 Å². The molecule has 0 radical (unpaired) electrons. The van der Waals surface area contributed by atoms with E-state index in [9.17, 15) is 0 Å². The first kappa shape index (κ1) is 27.0. The summed E-state index contributed by atoms with van der Waals surface area (Å²) in [5.41, 5.74) is 8.36. The minimum Gasteiger partial charge on any atom is -0.335 e. The quantitative estimate of drug-likeness (QED) is 0.138. The van der Waals surface area contributed by atoms with Crippen molar-refractivity contribution in [3.63, 3.8) is 0 Å². The maximum absolute atomic E-state index is 4.22. The molecule has 7 rings (SSSR count). The van der Waals surface area contributed by atoms with Crippen LogP contribution in [0.2, 0.25) is 0 Å². The van der Waals surface area contributed by atoms with Gasteiger partial charge < -0.3 is 14.1 Å². The van der Waals surface area contributed by atoms with Gasteiger partial charge in [0.2, 0.25) is 6.33 Å². The molecule has 0 atom stereocenters. The molecule has 4 heteroatoms. The number of rotatable bonds is 4. The van der Waals surface area contributed by atoms with E-state index in [4.69, 9.17) is 0 Å². The van der Waals surface area contributed by atoms with Crippen LogP contribution >= 0.6 is 0 Å². The van der Waals surface area contributed by atoms with E-state index in [0.717, 1.165) is 28.9 Å². The Morgan fingerprint density at radius 3 is 2.49 bits per heavy atom. The number of para-hydroxylation sites is 1. The van der Waals surface area contributed by atoms with Crippen LogP contribution in [0.15, 0.2) is 97.2 Å². The molecular weight excluding hydrogens is 655 g/mol. The second-order valence-electron chi connectivity index (χ2n) is 10.3. The van der Waals surface area contributed by atoms with E-state index in [1.54, 1.807) is 6.20 Å². The number of nitrogens with zero attached hydrogens (tertiary/aromatic N) is 3. The fourth-order valence-electron chi connectivity index (χ4n) is 5.39. The van der Waals surface area contributed by atoms with Gasteiger partial charge in [-0.1, -0.05) is 69.7 Å². The third-order valence-electron chi connectivity index (χ3n) is 7.47. The summed E-state index contributed by atoms with van der Waals surface area (Å²) < 4.78 is 4.53. The van der Waals surface area contributed by atoms with Crippen molar-refractivity contribution in [1.82, 2.24) is 9.55 Å². The van der Waals surface area contributed by atoms with E-state index in [1.807, 2.05) is 42.5 Å². The summed E-state index contributed by atoms with van der Waals surface area (Å²) in [6, 6.07) is 38.1. The summed E-state index contributed by atoms with van der Waals surface area (Å²) >= 11 is 0. The summed E-state index contributed by atoms with van der Waals surface area (Å²) in [6.07, 6.45) is 7.77. The first-order chi connectivity index (χ1) is 18.6. The van der Waals surface area contributed by atoms with Gasteiger partial charge in [-0.15, -0.1) is 76.5 Å². The SMILES string of the molecule is CCCCn1[c-][n+]2c3c(cccc31)C(C)(C)c1cc3ccccc3[c-]c1-2.[Ir+3].[c-]1ccccc1-c1ccccn1. The Kier molecular flexibility index (Phi) is 7.79. The molecule has 6 aromatic rings. The fraction of sp³-hybridized carbons (Fsp3) is 0.200. The van der Waals surface area contributed by atoms with Crippen LogP contribution < -0.4 is 4.57 Å². The average molecular weight is 686 g/mol. The molecule has 3 nitrogen and oxygen atoms in total. The maximum Gasteiger partial charge on any atom is 3.00 e. The minimum absolute atomic E-state index is 0. The molecular formula is C35H31IrN3+. The summed E-state index contributed by atoms with van der Waals surface area (Å²) in [4.78, 5) is 4.22. The van der Waals surface area contributed by atoms with Gasteiger partial charge in [0.1, 0.15) is 0 Å². The fourth-order valence-corrected chi connectivity index (χ4v) is 5.39. The van der Waals surface area contributed by atoms with Crippen molar-refractivity contribution < 1.29 is 24.7 Å². The van der Waals surface area contributed by atoms with Crippen LogP contribution in [0.1, 0.15) is 44.7 Å². The molecule has 0 spiro atoms. The maximum atomic E-state index is 4.22. The number of aromatic nitrogens is 3. The van der Waals surface area contributed by atoms with Crippen molar-refractivity contribution in [3.8, 4) is 16.9 Å². The van der Waals surface area contributed by atoms with Gasteiger partial charge in [-0.2, -0.15) is 0 Å². The Labute approximate surface area is 244 Å². The minimum atomic E-state index is -0.0554.